The van der Waals surface area contributed by atoms with Crippen LogP contribution in [-0.2, 0) is 11.2 Å². The normalized spacial score (nSPS) is 18.9. The second-order valence-corrected chi connectivity index (χ2v) is 8.51. The number of amides is 1. The van der Waals surface area contributed by atoms with Crippen molar-refractivity contribution in [2.75, 3.05) is 52.9 Å². The van der Waals surface area contributed by atoms with Crippen molar-refractivity contribution in [3.05, 3.63) is 11.7 Å². The van der Waals surface area contributed by atoms with Gasteiger partial charge in [-0.15, -0.1) is 24.0 Å². The first kappa shape index (κ1) is 25.8. The lowest BCUT2D eigenvalue weighted by atomic mass is 10.2. The number of halogens is 1. The van der Waals surface area contributed by atoms with Crippen molar-refractivity contribution in [3.63, 3.8) is 0 Å². The van der Waals surface area contributed by atoms with Crippen LogP contribution in [0.25, 0.3) is 0 Å². The maximum atomic E-state index is 12.7. The van der Waals surface area contributed by atoms with Crippen molar-refractivity contribution in [1.29, 1.82) is 0 Å². The third-order valence-electron chi connectivity index (χ3n) is 6.00. The summed E-state index contributed by atoms with van der Waals surface area (Å²) >= 11 is 0. The van der Waals surface area contributed by atoms with Crippen LogP contribution in [0.1, 0.15) is 57.7 Å². The van der Waals surface area contributed by atoms with Crippen molar-refractivity contribution in [1.82, 2.24) is 30.2 Å². The molecule has 31 heavy (non-hydrogen) atoms. The Morgan fingerprint density at radius 1 is 1.10 bits per heavy atom. The molecule has 1 aromatic heterocycles. The number of guanidine groups is 1. The van der Waals surface area contributed by atoms with Crippen LogP contribution < -0.4 is 5.32 Å². The summed E-state index contributed by atoms with van der Waals surface area (Å²) in [4.78, 5) is 28.1. The maximum Gasteiger partial charge on any atom is 0.239 e. The lowest BCUT2D eigenvalue weighted by molar-refractivity contribution is -0.135. The molecule has 0 aliphatic carbocycles. The summed E-state index contributed by atoms with van der Waals surface area (Å²) in [5, 5.41) is 7.45. The smallest absolute Gasteiger partial charge is 0.239 e. The van der Waals surface area contributed by atoms with Gasteiger partial charge in [0.25, 0.3) is 0 Å². The summed E-state index contributed by atoms with van der Waals surface area (Å²) in [6.07, 6.45) is 3.94. The van der Waals surface area contributed by atoms with E-state index < -0.39 is 0 Å². The molecule has 2 fully saturated rings. The minimum atomic E-state index is -0.0367. The number of aliphatic imine (C=N–C) groups is 1. The van der Waals surface area contributed by atoms with Crippen LogP contribution in [0.4, 0.5) is 0 Å². The fourth-order valence-corrected chi connectivity index (χ4v) is 4.06. The van der Waals surface area contributed by atoms with Crippen LogP contribution in [0.3, 0.4) is 0 Å². The second kappa shape index (κ2) is 12.6. The highest BCUT2D eigenvalue weighted by Gasteiger charge is 2.30. The number of hydrogen-bond donors (Lipinski definition) is 1. The largest absolute Gasteiger partial charge is 0.356 e. The Kier molecular flexibility index (Phi) is 10.5. The van der Waals surface area contributed by atoms with Crippen LogP contribution in [0.2, 0.25) is 0 Å². The zero-order chi connectivity index (χ0) is 21.5. The fraction of sp³-hybridized carbons (Fsp3) is 0.810. The summed E-state index contributed by atoms with van der Waals surface area (Å²) in [6.45, 7) is 12.3. The van der Waals surface area contributed by atoms with Gasteiger partial charge in [0.2, 0.25) is 11.8 Å². The quantitative estimate of drug-likeness (QED) is 0.242. The van der Waals surface area contributed by atoms with E-state index >= 15 is 0 Å². The Bertz CT molecular complexity index is 710. The predicted octanol–water partition coefficient (Wildman–Crippen LogP) is 1.95. The number of piperazine rings is 1. The van der Waals surface area contributed by atoms with E-state index in [1.165, 1.54) is 0 Å². The Labute approximate surface area is 203 Å². The molecule has 1 aromatic rings. The van der Waals surface area contributed by atoms with Crippen molar-refractivity contribution < 1.29 is 9.32 Å². The first-order valence-electron chi connectivity index (χ1n) is 11.3. The van der Waals surface area contributed by atoms with E-state index in [-0.39, 0.29) is 41.8 Å². The standard InChI is InChI=1S/C21H37N7O2.HI/c1-16(2)19-24-18(30-25-19)8-7-9-23-21(22-4)28-14-12-26(13-15-28)17(3)20(29)27-10-5-6-11-27;/h16-17H,5-15H2,1-4H3,(H,22,23);1H. The second-order valence-electron chi connectivity index (χ2n) is 8.51. The minimum Gasteiger partial charge on any atom is -0.356 e. The third kappa shape index (κ3) is 7.03. The number of carbonyl (C=O) groups is 1. The molecule has 176 valence electrons. The molecule has 0 bridgehead atoms. The number of carbonyl (C=O) groups excluding carboxylic acids is 1. The Morgan fingerprint density at radius 2 is 1.77 bits per heavy atom. The molecule has 2 saturated heterocycles. The van der Waals surface area contributed by atoms with Gasteiger partial charge in [0.1, 0.15) is 0 Å². The number of rotatable bonds is 7. The third-order valence-corrected chi connectivity index (χ3v) is 6.00. The molecule has 3 heterocycles. The summed E-state index contributed by atoms with van der Waals surface area (Å²) < 4.78 is 5.30. The molecule has 1 unspecified atom stereocenters. The fourth-order valence-electron chi connectivity index (χ4n) is 4.06. The van der Waals surface area contributed by atoms with Gasteiger partial charge in [0, 0.05) is 65.2 Å². The van der Waals surface area contributed by atoms with Gasteiger partial charge in [0.05, 0.1) is 6.04 Å². The topological polar surface area (TPSA) is 90.1 Å². The average Bonchev–Trinajstić information content (AvgIpc) is 3.45. The first-order valence-corrected chi connectivity index (χ1v) is 11.3. The Morgan fingerprint density at radius 3 is 2.35 bits per heavy atom. The van der Waals surface area contributed by atoms with Gasteiger partial charge >= 0.3 is 0 Å². The van der Waals surface area contributed by atoms with Crippen LogP contribution in [0, 0.1) is 0 Å². The summed E-state index contributed by atoms with van der Waals surface area (Å²) in [5.74, 6) is 2.95. The minimum absolute atomic E-state index is 0. The van der Waals surface area contributed by atoms with E-state index in [1.54, 1.807) is 0 Å². The highest BCUT2D eigenvalue weighted by Crippen LogP contribution is 2.14. The van der Waals surface area contributed by atoms with E-state index in [9.17, 15) is 4.79 Å². The number of aromatic nitrogens is 2. The Hall–Kier alpha value is -1.43. The molecule has 0 radical (unpaired) electrons. The molecule has 2 aliphatic heterocycles. The molecule has 1 N–H and O–H groups in total. The van der Waals surface area contributed by atoms with Crippen LogP contribution in [-0.4, -0.2) is 95.6 Å². The van der Waals surface area contributed by atoms with Gasteiger partial charge in [0.15, 0.2) is 11.8 Å². The number of aryl methyl sites for hydroxylation is 1. The number of nitrogens with zero attached hydrogens (tertiary/aromatic N) is 6. The summed E-state index contributed by atoms with van der Waals surface area (Å²) in [7, 11) is 1.82. The highest BCUT2D eigenvalue weighted by molar-refractivity contribution is 14.0. The Balaban J connectivity index is 0.00000341. The molecular formula is C21H38IN7O2. The van der Waals surface area contributed by atoms with Crippen molar-refractivity contribution in [2.45, 2.75) is 58.4 Å². The number of nitrogens with one attached hydrogen (secondary N) is 1. The maximum absolute atomic E-state index is 12.7. The van der Waals surface area contributed by atoms with Gasteiger partial charge in [-0.3, -0.25) is 14.7 Å². The molecule has 3 rings (SSSR count). The lowest BCUT2D eigenvalue weighted by Gasteiger charge is -2.39. The number of likely N-dealkylation sites (tertiary alicyclic amines) is 1. The SMILES string of the molecule is CN=C(NCCCc1nc(C(C)C)no1)N1CCN(C(C)C(=O)N2CCCC2)CC1.I. The molecule has 9 nitrogen and oxygen atoms in total. The van der Waals surface area contributed by atoms with Crippen molar-refractivity contribution in [2.24, 2.45) is 4.99 Å². The molecule has 0 saturated carbocycles. The van der Waals surface area contributed by atoms with Gasteiger partial charge < -0.3 is 19.6 Å². The van der Waals surface area contributed by atoms with Gasteiger partial charge in [-0.1, -0.05) is 19.0 Å². The van der Waals surface area contributed by atoms with Crippen molar-refractivity contribution >= 4 is 35.8 Å². The van der Waals surface area contributed by atoms with Gasteiger partial charge in [-0.2, -0.15) is 4.98 Å². The van der Waals surface area contributed by atoms with E-state index in [0.717, 1.165) is 83.3 Å². The molecule has 0 aromatic carbocycles. The zero-order valence-electron chi connectivity index (χ0n) is 19.3. The summed E-state index contributed by atoms with van der Waals surface area (Å²) in [5.41, 5.74) is 0. The van der Waals surface area contributed by atoms with Crippen LogP contribution >= 0.6 is 24.0 Å². The molecule has 1 amide bonds. The molecular weight excluding hydrogens is 509 g/mol. The lowest BCUT2D eigenvalue weighted by Crippen LogP contribution is -2.57. The molecule has 1 atom stereocenters. The predicted molar refractivity (Wildman–Crippen MR) is 132 cm³/mol. The van der Waals surface area contributed by atoms with Crippen molar-refractivity contribution in [3.8, 4) is 0 Å². The van der Waals surface area contributed by atoms with Gasteiger partial charge in [-0.25, -0.2) is 0 Å². The molecule has 2 aliphatic rings. The van der Waals surface area contributed by atoms with E-state index in [0.29, 0.717) is 5.89 Å². The highest BCUT2D eigenvalue weighted by atomic mass is 127. The van der Waals surface area contributed by atoms with Crippen LogP contribution in [0.5, 0.6) is 0 Å². The molecule has 0 spiro atoms. The average molecular weight is 547 g/mol. The number of hydrogen-bond acceptors (Lipinski definition) is 6. The zero-order valence-corrected chi connectivity index (χ0v) is 21.7. The summed E-state index contributed by atoms with van der Waals surface area (Å²) in [6, 6.07) is -0.0367. The van der Waals surface area contributed by atoms with E-state index in [2.05, 4.69) is 44.1 Å². The molecule has 10 heteroatoms. The monoisotopic (exact) mass is 547 g/mol. The van der Waals surface area contributed by atoms with Gasteiger partial charge in [-0.05, 0) is 26.2 Å². The van der Waals surface area contributed by atoms with Crippen LogP contribution in [0.15, 0.2) is 9.52 Å². The first-order chi connectivity index (χ1) is 14.5. The van der Waals surface area contributed by atoms with E-state index in [4.69, 9.17) is 4.52 Å². The van der Waals surface area contributed by atoms with E-state index in [1.807, 2.05) is 18.9 Å².